The van der Waals surface area contributed by atoms with E-state index in [1.807, 2.05) is 6.07 Å². The second-order valence-corrected chi connectivity index (χ2v) is 5.69. The van der Waals surface area contributed by atoms with Crippen LogP contribution in [0.3, 0.4) is 0 Å². The summed E-state index contributed by atoms with van der Waals surface area (Å²) in [5.41, 5.74) is 1.41. The molecular weight excluding hydrogens is 274 g/mol. The van der Waals surface area contributed by atoms with Gasteiger partial charge in [0.1, 0.15) is 4.90 Å². The maximum Gasteiger partial charge on any atom is 0.263 e. The van der Waals surface area contributed by atoms with Crippen molar-refractivity contribution in [2.45, 2.75) is 4.90 Å². The van der Waals surface area contributed by atoms with Crippen LogP contribution in [0, 0.1) is 11.3 Å². The standard InChI is InChI=1S/C14H13N3O2S/c1-16-13-4-2-3-5-14(13)20(18,19)17-12-8-6-11(10-15)7-9-12/h2-9,16-17H,1H3. The fourth-order valence-electron chi connectivity index (χ4n) is 1.73. The van der Waals surface area contributed by atoms with E-state index in [0.29, 0.717) is 16.9 Å². The lowest BCUT2D eigenvalue weighted by atomic mass is 10.2. The zero-order chi connectivity index (χ0) is 14.6. The number of hydrogen-bond acceptors (Lipinski definition) is 4. The highest BCUT2D eigenvalue weighted by atomic mass is 32.2. The van der Waals surface area contributed by atoms with Crippen molar-refractivity contribution in [1.29, 1.82) is 5.26 Å². The third-order valence-corrected chi connectivity index (χ3v) is 4.15. The Hall–Kier alpha value is -2.52. The SMILES string of the molecule is CNc1ccccc1S(=O)(=O)Nc1ccc(C#N)cc1. The van der Waals surface area contributed by atoms with Gasteiger partial charge in [0.05, 0.1) is 17.3 Å². The molecule has 0 atom stereocenters. The van der Waals surface area contributed by atoms with E-state index in [-0.39, 0.29) is 4.90 Å². The van der Waals surface area contributed by atoms with Gasteiger partial charge in [0.25, 0.3) is 10.0 Å². The van der Waals surface area contributed by atoms with Gasteiger partial charge < -0.3 is 5.32 Å². The molecule has 2 aromatic carbocycles. The molecule has 20 heavy (non-hydrogen) atoms. The van der Waals surface area contributed by atoms with Crippen molar-refractivity contribution in [2.75, 3.05) is 17.1 Å². The average molecular weight is 287 g/mol. The molecule has 2 rings (SSSR count). The molecule has 0 aromatic heterocycles. The molecule has 5 nitrogen and oxygen atoms in total. The zero-order valence-corrected chi connectivity index (χ0v) is 11.6. The van der Waals surface area contributed by atoms with Crippen LogP contribution in [0.1, 0.15) is 5.56 Å². The van der Waals surface area contributed by atoms with Gasteiger partial charge >= 0.3 is 0 Å². The van der Waals surface area contributed by atoms with E-state index in [2.05, 4.69) is 10.0 Å². The predicted molar refractivity (Wildman–Crippen MR) is 78.0 cm³/mol. The van der Waals surface area contributed by atoms with Gasteiger partial charge in [-0.05, 0) is 36.4 Å². The van der Waals surface area contributed by atoms with Gasteiger partial charge in [-0.25, -0.2) is 8.42 Å². The van der Waals surface area contributed by atoms with E-state index < -0.39 is 10.0 Å². The van der Waals surface area contributed by atoms with Crippen LogP contribution >= 0.6 is 0 Å². The van der Waals surface area contributed by atoms with Gasteiger partial charge in [-0.3, -0.25) is 4.72 Å². The molecule has 2 N–H and O–H groups in total. The second kappa shape index (κ2) is 5.63. The van der Waals surface area contributed by atoms with Crippen LogP contribution in [-0.4, -0.2) is 15.5 Å². The van der Waals surface area contributed by atoms with Gasteiger partial charge in [-0.2, -0.15) is 5.26 Å². The average Bonchev–Trinajstić information content (AvgIpc) is 2.47. The number of anilines is 2. The summed E-state index contributed by atoms with van der Waals surface area (Å²) in [5, 5.41) is 11.6. The number of benzene rings is 2. The molecule has 0 unspecified atom stereocenters. The predicted octanol–water partition coefficient (Wildman–Crippen LogP) is 2.40. The van der Waals surface area contributed by atoms with Crippen molar-refractivity contribution in [3.05, 3.63) is 54.1 Å². The molecule has 0 bridgehead atoms. The van der Waals surface area contributed by atoms with Crippen LogP contribution < -0.4 is 10.0 Å². The Bertz CT molecular complexity index is 747. The van der Waals surface area contributed by atoms with Crippen LogP contribution in [0.15, 0.2) is 53.4 Å². The second-order valence-electron chi connectivity index (χ2n) is 4.04. The third-order valence-electron chi connectivity index (χ3n) is 2.71. The van der Waals surface area contributed by atoms with E-state index in [0.717, 1.165) is 0 Å². The van der Waals surface area contributed by atoms with E-state index in [1.165, 1.54) is 6.07 Å². The Labute approximate surface area is 117 Å². The smallest absolute Gasteiger partial charge is 0.263 e. The molecule has 0 heterocycles. The summed E-state index contributed by atoms with van der Waals surface area (Å²) >= 11 is 0. The van der Waals surface area contributed by atoms with Crippen LogP contribution in [0.2, 0.25) is 0 Å². The van der Waals surface area contributed by atoms with Crippen molar-refractivity contribution in [1.82, 2.24) is 0 Å². The number of sulfonamides is 1. The Morgan fingerprint density at radius 2 is 1.70 bits per heavy atom. The summed E-state index contributed by atoms with van der Waals surface area (Å²) in [4.78, 5) is 0.173. The third kappa shape index (κ3) is 2.90. The van der Waals surface area contributed by atoms with Gasteiger partial charge in [0, 0.05) is 12.7 Å². The summed E-state index contributed by atoms with van der Waals surface area (Å²) in [6, 6.07) is 14.8. The lowest BCUT2D eigenvalue weighted by Gasteiger charge is -2.11. The van der Waals surface area contributed by atoms with Crippen molar-refractivity contribution in [3.63, 3.8) is 0 Å². The molecule has 0 saturated carbocycles. The van der Waals surface area contributed by atoms with E-state index in [9.17, 15) is 8.42 Å². The fourth-order valence-corrected chi connectivity index (χ4v) is 3.00. The fraction of sp³-hybridized carbons (Fsp3) is 0.0714. The maximum atomic E-state index is 12.3. The van der Waals surface area contributed by atoms with Crippen LogP contribution in [0.4, 0.5) is 11.4 Å². The molecule has 0 saturated heterocycles. The Balaban J connectivity index is 2.33. The molecule has 2 aromatic rings. The highest BCUT2D eigenvalue weighted by Crippen LogP contribution is 2.23. The number of rotatable bonds is 4. The van der Waals surface area contributed by atoms with Crippen molar-refractivity contribution >= 4 is 21.4 Å². The molecule has 0 amide bonds. The summed E-state index contributed by atoms with van der Waals surface area (Å²) in [6.07, 6.45) is 0. The first-order valence-corrected chi connectivity index (χ1v) is 7.35. The first kappa shape index (κ1) is 13.9. The molecule has 0 spiro atoms. The number of para-hydroxylation sites is 1. The number of nitrogens with zero attached hydrogens (tertiary/aromatic N) is 1. The largest absolute Gasteiger partial charge is 0.387 e. The lowest BCUT2D eigenvalue weighted by molar-refractivity contribution is 0.601. The first-order chi connectivity index (χ1) is 9.56. The Morgan fingerprint density at radius 3 is 2.30 bits per heavy atom. The zero-order valence-electron chi connectivity index (χ0n) is 10.8. The normalized spacial score (nSPS) is 10.6. The van der Waals surface area contributed by atoms with E-state index in [1.54, 1.807) is 49.5 Å². The highest BCUT2D eigenvalue weighted by molar-refractivity contribution is 7.92. The molecule has 0 aliphatic rings. The molecule has 0 fully saturated rings. The van der Waals surface area contributed by atoms with Gasteiger partial charge in [0.2, 0.25) is 0 Å². The molecule has 6 heteroatoms. The Morgan fingerprint density at radius 1 is 1.05 bits per heavy atom. The molecule has 0 aliphatic heterocycles. The minimum atomic E-state index is -3.67. The van der Waals surface area contributed by atoms with Crippen LogP contribution in [0.5, 0.6) is 0 Å². The summed E-state index contributed by atoms with van der Waals surface area (Å²) in [7, 11) is -2.01. The number of hydrogen-bond donors (Lipinski definition) is 2. The molecule has 102 valence electrons. The Kier molecular flexibility index (Phi) is 3.91. The summed E-state index contributed by atoms with van der Waals surface area (Å²) in [6.45, 7) is 0. The lowest BCUT2D eigenvalue weighted by Crippen LogP contribution is -2.14. The van der Waals surface area contributed by atoms with E-state index in [4.69, 9.17) is 5.26 Å². The van der Waals surface area contributed by atoms with Gasteiger partial charge in [0.15, 0.2) is 0 Å². The number of nitriles is 1. The minimum absolute atomic E-state index is 0.173. The monoisotopic (exact) mass is 287 g/mol. The minimum Gasteiger partial charge on any atom is -0.387 e. The first-order valence-electron chi connectivity index (χ1n) is 5.86. The van der Waals surface area contributed by atoms with Gasteiger partial charge in [-0.1, -0.05) is 12.1 Å². The van der Waals surface area contributed by atoms with E-state index >= 15 is 0 Å². The van der Waals surface area contributed by atoms with Crippen molar-refractivity contribution in [3.8, 4) is 6.07 Å². The highest BCUT2D eigenvalue weighted by Gasteiger charge is 2.17. The topological polar surface area (TPSA) is 82.0 Å². The van der Waals surface area contributed by atoms with Crippen LogP contribution in [0.25, 0.3) is 0 Å². The number of nitrogens with one attached hydrogen (secondary N) is 2. The van der Waals surface area contributed by atoms with Crippen LogP contribution in [-0.2, 0) is 10.0 Å². The van der Waals surface area contributed by atoms with Crippen molar-refractivity contribution in [2.24, 2.45) is 0 Å². The maximum absolute atomic E-state index is 12.3. The molecule has 0 aliphatic carbocycles. The molecule has 0 radical (unpaired) electrons. The molecular formula is C14H13N3O2S. The summed E-state index contributed by atoms with van der Waals surface area (Å²) < 4.78 is 27.1. The van der Waals surface area contributed by atoms with Crippen molar-refractivity contribution < 1.29 is 8.42 Å². The quantitative estimate of drug-likeness (QED) is 0.904. The van der Waals surface area contributed by atoms with Gasteiger partial charge in [-0.15, -0.1) is 0 Å². The summed E-state index contributed by atoms with van der Waals surface area (Å²) in [5.74, 6) is 0.